The number of hydrogen-bond donors (Lipinski definition) is 1. The maximum Gasteiger partial charge on any atom is 0.142 e. The van der Waals surface area contributed by atoms with Crippen molar-refractivity contribution in [3.8, 4) is 0 Å². The highest BCUT2D eigenvalue weighted by atomic mass is 35.5. The molecule has 1 unspecified atom stereocenters. The lowest BCUT2D eigenvalue weighted by Crippen LogP contribution is -2.33. The second kappa shape index (κ2) is 7.42. The number of benzene rings is 1. The zero-order valence-corrected chi connectivity index (χ0v) is 13.2. The maximum absolute atomic E-state index is 13.6. The summed E-state index contributed by atoms with van der Waals surface area (Å²) in [5, 5.41) is 3.85. The minimum Gasteiger partial charge on any atom is -0.314 e. The molecule has 0 aromatic heterocycles. The lowest BCUT2D eigenvalue weighted by atomic mass is 9.85. The highest BCUT2D eigenvalue weighted by Crippen LogP contribution is 2.34. The van der Waals surface area contributed by atoms with Gasteiger partial charge in [-0.1, -0.05) is 63.3 Å². The molecule has 1 atom stereocenters. The molecule has 20 heavy (non-hydrogen) atoms. The van der Waals surface area contributed by atoms with Gasteiger partial charge in [-0.05, 0) is 36.4 Å². The van der Waals surface area contributed by atoms with Crippen molar-refractivity contribution in [2.75, 3.05) is 6.54 Å². The predicted molar refractivity (Wildman–Crippen MR) is 83.7 cm³/mol. The first-order chi connectivity index (χ1) is 9.58. The number of halogens is 2. The third-order valence-corrected chi connectivity index (χ3v) is 4.79. The van der Waals surface area contributed by atoms with Gasteiger partial charge < -0.3 is 5.32 Å². The molecular weight excluding hydrogens is 273 g/mol. The molecule has 0 spiro atoms. The van der Waals surface area contributed by atoms with Crippen LogP contribution in [0.1, 0.15) is 45.1 Å². The van der Waals surface area contributed by atoms with Crippen molar-refractivity contribution in [3.05, 3.63) is 34.6 Å². The monoisotopic (exact) mass is 297 g/mol. The summed E-state index contributed by atoms with van der Waals surface area (Å²) in [5.41, 5.74) is 0.953. The topological polar surface area (TPSA) is 12.0 Å². The summed E-state index contributed by atoms with van der Waals surface area (Å²) in [6.07, 6.45) is 6.15. The molecule has 0 amide bonds. The third-order valence-electron chi connectivity index (χ3n) is 4.37. The van der Waals surface area contributed by atoms with Crippen molar-refractivity contribution in [2.45, 2.75) is 52.0 Å². The van der Waals surface area contributed by atoms with Gasteiger partial charge in [-0.15, -0.1) is 0 Å². The Bertz CT molecular complexity index is 427. The summed E-state index contributed by atoms with van der Waals surface area (Å²) in [6.45, 7) is 5.33. The quantitative estimate of drug-likeness (QED) is 0.793. The lowest BCUT2D eigenvalue weighted by Gasteiger charge is -2.25. The Hall–Kier alpha value is -0.600. The van der Waals surface area contributed by atoms with E-state index < -0.39 is 0 Å². The molecular formula is C17H25ClFN. The molecule has 0 aliphatic heterocycles. The third kappa shape index (κ3) is 4.20. The molecule has 0 saturated heterocycles. The van der Waals surface area contributed by atoms with Crippen LogP contribution < -0.4 is 5.32 Å². The zero-order valence-electron chi connectivity index (χ0n) is 12.5. The van der Waals surface area contributed by atoms with Gasteiger partial charge in [-0.3, -0.25) is 0 Å². The Balaban J connectivity index is 2.07. The van der Waals surface area contributed by atoms with Crippen LogP contribution >= 0.6 is 11.6 Å². The van der Waals surface area contributed by atoms with Crippen molar-refractivity contribution in [1.29, 1.82) is 0 Å². The zero-order chi connectivity index (χ0) is 14.5. The van der Waals surface area contributed by atoms with Gasteiger partial charge in [-0.2, -0.15) is 0 Å². The lowest BCUT2D eigenvalue weighted by molar-refractivity contribution is 0.312. The fraction of sp³-hybridized carbons (Fsp3) is 0.647. The van der Waals surface area contributed by atoms with E-state index in [2.05, 4.69) is 19.2 Å². The largest absolute Gasteiger partial charge is 0.314 e. The van der Waals surface area contributed by atoms with E-state index in [0.717, 1.165) is 24.4 Å². The molecule has 1 N–H and O–H groups in total. The van der Waals surface area contributed by atoms with Gasteiger partial charge in [0.05, 0.1) is 5.02 Å². The van der Waals surface area contributed by atoms with Crippen molar-refractivity contribution in [1.82, 2.24) is 5.32 Å². The summed E-state index contributed by atoms with van der Waals surface area (Å²) in [5.74, 6) is 1.01. The van der Waals surface area contributed by atoms with Gasteiger partial charge in [0.2, 0.25) is 0 Å². The van der Waals surface area contributed by atoms with Gasteiger partial charge in [0.15, 0.2) is 0 Å². The number of rotatable bonds is 6. The highest BCUT2D eigenvalue weighted by Gasteiger charge is 2.26. The first-order valence-corrected chi connectivity index (χ1v) is 8.12. The summed E-state index contributed by atoms with van der Waals surface area (Å²) in [6, 6.07) is 5.64. The van der Waals surface area contributed by atoms with E-state index in [0.29, 0.717) is 17.0 Å². The first kappa shape index (κ1) is 15.8. The van der Waals surface area contributed by atoms with Crippen LogP contribution in [0, 0.1) is 17.7 Å². The molecule has 1 fully saturated rings. The Labute approximate surface area is 126 Å². The molecule has 1 aromatic rings. The van der Waals surface area contributed by atoms with E-state index in [4.69, 9.17) is 11.6 Å². The number of nitrogens with one attached hydrogen (secondary N) is 1. The Morgan fingerprint density at radius 2 is 2.00 bits per heavy atom. The Morgan fingerprint density at radius 3 is 2.65 bits per heavy atom. The van der Waals surface area contributed by atoms with Crippen molar-refractivity contribution < 1.29 is 4.39 Å². The maximum atomic E-state index is 13.6. The summed E-state index contributed by atoms with van der Waals surface area (Å²) in [7, 11) is 0. The van der Waals surface area contributed by atoms with E-state index in [1.54, 1.807) is 6.07 Å². The Kier molecular flexibility index (Phi) is 5.86. The van der Waals surface area contributed by atoms with E-state index in [-0.39, 0.29) is 5.82 Å². The first-order valence-electron chi connectivity index (χ1n) is 7.74. The normalized spacial score (nSPS) is 17.9. The van der Waals surface area contributed by atoms with Gasteiger partial charge in [0, 0.05) is 6.04 Å². The molecule has 1 aromatic carbocycles. The van der Waals surface area contributed by atoms with Crippen molar-refractivity contribution in [2.24, 2.45) is 11.8 Å². The summed E-state index contributed by atoms with van der Waals surface area (Å²) >= 11 is 6.11. The molecule has 0 radical (unpaired) electrons. The molecule has 1 aliphatic carbocycles. The second-order valence-electron chi connectivity index (χ2n) is 6.28. The van der Waals surface area contributed by atoms with E-state index in [1.807, 2.05) is 6.07 Å². The van der Waals surface area contributed by atoms with Gasteiger partial charge in [0.1, 0.15) is 5.82 Å². The van der Waals surface area contributed by atoms with Gasteiger partial charge in [-0.25, -0.2) is 4.39 Å². The van der Waals surface area contributed by atoms with Gasteiger partial charge in [0.25, 0.3) is 0 Å². The second-order valence-corrected chi connectivity index (χ2v) is 6.66. The summed E-state index contributed by atoms with van der Waals surface area (Å²) < 4.78 is 13.6. The SMILES string of the molecule is CC(C)NCC(Cc1cccc(F)c1Cl)C1CCCC1. The van der Waals surface area contributed by atoms with Crippen LogP contribution in [0.4, 0.5) is 4.39 Å². The van der Waals surface area contributed by atoms with Gasteiger partial charge >= 0.3 is 0 Å². The summed E-state index contributed by atoms with van der Waals surface area (Å²) in [4.78, 5) is 0. The predicted octanol–water partition coefficient (Wildman–Crippen LogP) is 4.83. The minimum atomic E-state index is -0.300. The van der Waals surface area contributed by atoms with Crippen LogP contribution in [-0.2, 0) is 6.42 Å². The molecule has 0 bridgehead atoms. The van der Waals surface area contributed by atoms with E-state index >= 15 is 0 Å². The molecule has 0 heterocycles. The highest BCUT2D eigenvalue weighted by molar-refractivity contribution is 6.31. The van der Waals surface area contributed by atoms with Crippen LogP contribution in [0.15, 0.2) is 18.2 Å². The fourth-order valence-electron chi connectivity index (χ4n) is 3.21. The van der Waals surface area contributed by atoms with Crippen molar-refractivity contribution in [3.63, 3.8) is 0 Å². The van der Waals surface area contributed by atoms with Crippen molar-refractivity contribution >= 4 is 11.6 Å². The van der Waals surface area contributed by atoms with Crippen LogP contribution in [0.2, 0.25) is 5.02 Å². The molecule has 2 rings (SSSR count). The molecule has 1 saturated carbocycles. The van der Waals surface area contributed by atoms with Crippen LogP contribution in [-0.4, -0.2) is 12.6 Å². The fourth-order valence-corrected chi connectivity index (χ4v) is 3.41. The van der Waals surface area contributed by atoms with Crippen LogP contribution in [0.3, 0.4) is 0 Å². The average molecular weight is 298 g/mol. The molecule has 1 nitrogen and oxygen atoms in total. The Morgan fingerprint density at radius 1 is 1.30 bits per heavy atom. The molecule has 3 heteroatoms. The van der Waals surface area contributed by atoms with E-state index in [9.17, 15) is 4.39 Å². The smallest absolute Gasteiger partial charge is 0.142 e. The minimum absolute atomic E-state index is 0.300. The molecule has 112 valence electrons. The van der Waals surface area contributed by atoms with E-state index in [1.165, 1.54) is 31.7 Å². The van der Waals surface area contributed by atoms with Crippen LogP contribution in [0.25, 0.3) is 0 Å². The van der Waals surface area contributed by atoms with Crippen LogP contribution in [0.5, 0.6) is 0 Å². The number of hydrogen-bond acceptors (Lipinski definition) is 1. The molecule has 1 aliphatic rings. The average Bonchev–Trinajstić information content (AvgIpc) is 2.93. The standard InChI is InChI=1S/C17H25ClFN/c1-12(2)20-11-15(13-6-3-4-7-13)10-14-8-5-9-16(19)17(14)18/h5,8-9,12-13,15,20H,3-4,6-7,10-11H2,1-2H3.